The number of ketones is 10. The van der Waals surface area contributed by atoms with E-state index in [0.29, 0.717) is 27.8 Å². The maximum absolute atomic E-state index is 15.1. The second kappa shape index (κ2) is 29.8. The van der Waals surface area contributed by atoms with Crippen molar-refractivity contribution in [2.75, 3.05) is 35.5 Å². The third-order valence-electron chi connectivity index (χ3n) is 20.5. The number of rotatable bonds is 20. The summed E-state index contributed by atoms with van der Waals surface area (Å²) in [6, 6.07) is 18.8. The third-order valence-corrected chi connectivity index (χ3v) is 20.5. The molecule has 0 aliphatic heterocycles. The van der Waals surface area contributed by atoms with Gasteiger partial charge in [0.1, 0.15) is 86.6 Å². The second-order valence-electron chi connectivity index (χ2n) is 33.1. The van der Waals surface area contributed by atoms with Crippen molar-refractivity contribution in [3.8, 4) is 28.7 Å². The second-order valence-corrected chi connectivity index (χ2v) is 33.1. The van der Waals surface area contributed by atoms with Crippen molar-refractivity contribution < 1.29 is 71.6 Å². The van der Waals surface area contributed by atoms with Crippen LogP contribution in [0.15, 0.2) is 60.7 Å². The summed E-state index contributed by atoms with van der Waals surface area (Å²) >= 11 is 0. The Morgan fingerprint density at radius 1 is 0.220 bits per heavy atom. The van der Waals surface area contributed by atoms with Crippen LogP contribution in [0, 0.1) is 29.6 Å². The summed E-state index contributed by atoms with van der Waals surface area (Å²) in [4.78, 5) is 151. The van der Waals surface area contributed by atoms with E-state index in [2.05, 4.69) is 0 Å². The Hall–Kier alpha value is -8.20. The lowest BCUT2D eigenvalue weighted by atomic mass is 9.66. The molecule has 540 valence electrons. The van der Waals surface area contributed by atoms with Gasteiger partial charge in [-0.25, -0.2) is 0 Å². The molecule has 1 aliphatic rings. The molecule has 0 atom stereocenters. The van der Waals surface area contributed by atoms with Gasteiger partial charge in [-0.05, 0) is 124 Å². The lowest BCUT2D eigenvalue weighted by molar-refractivity contribution is -0.132. The number of methoxy groups -OCH3 is 5. The lowest BCUT2D eigenvalue weighted by Crippen LogP contribution is -2.33. The molecular formula is C85H110O15. The van der Waals surface area contributed by atoms with E-state index in [0.717, 1.165) is 0 Å². The number of Topliss-reactive ketones (excluding diaryl/α,β-unsaturated/α-hetero) is 10. The number of fused-ring (bicyclic) bond motifs is 10. The van der Waals surface area contributed by atoms with Crippen LogP contribution in [-0.4, -0.2) is 93.4 Å². The van der Waals surface area contributed by atoms with E-state index in [1.54, 1.807) is 0 Å². The first kappa shape index (κ1) is 80.8. The van der Waals surface area contributed by atoms with E-state index in [1.807, 2.05) is 165 Å². The molecule has 1 aliphatic carbocycles. The highest BCUT2D eigenvalue weighted by atomic mass is 16.5. The molecule has 0 heterocycles. The Labute approximate surface area is 594 Å². The molecule has 0 fully saturated rings. The number of carbonyl (C=O) groups excluding carboxylic acids is 10. The van der Waals surface area contributed by atoms with Gasteiger partial charge in [-0.3, -0.25) is 47.9 Å². The molecule has 0 N–H and O–H groups in total. The highest BCUT2D eigenvalue weighted by molar-refractivity contribution is 6.06. The summed E-state index contributed by atoms with van der Waals surface area (Å²) in [6.45, 7) is 43.1. The molecule has 0 aromatic heterocycles. The molecule has 0 unspecified atom stereocenters. The number of carbonyl (C=O) groups is 10. The van der Waals surface area contributed by atoms with Gasteiger partial charge in [0.25, 0.3) is 0 Å². The normalized spacial score (nSPS) is 16.9. The van der Waals surface area contributed by atoms with Crippen LogP contribution in [0.25, 0.3) is 0 Å². The molecule has 100 heavy (non-hydrogen) atoms. The summed E-state index contributed by atoms with van der Waals surface area (Å²) in [7, 11) is 7.20. The van der Waals surface area contributed by atoms with Gasteiger partial charge in [0.2, 0.25) is 0 Å². The van der Waals surface area contributed by atoms with Crippen LogP contribution in [0.4, 0.5) is 0 Å². The fraction of sp³-hybridized carbons (Fsp3) is 0.529. The van der Waals surface area contributed by atoms with E-state index in [4.69, 9.17) is 23.7 Å². The van der Waals surface area contributed by atoms with E-state index < -0.39 is 144 Å². The smallest absolute Gasteiger partial charge is 0.141 e. The number of benzene rings is 5. The van der Waals surface area contributed by atoms with Gasteiger partial charge in [0, 0.05) is 85.2 Å². The first-order valence-electron chi connectivity index (χ1n) is 34.6. The summed E-state index contributed by atoms with van der Waals surface area (Å²) in [6.07, 6.45) is 0. The predicted molar refractivity (Wildman–Crippen MR) is 392 cm³/mol. The van der Waals surface area contributed by atoms with Crippen molar-refractivity contribution in [1.82, 2.24) is 0 Å². The van der Waals surface area contributed by atoms with Crippen molar-refractivity contribution in [1.29, 1.82) is 0 Å². The van der Waals surface area contributed by atoms with Crippen LogP contribution in [0.3, 0.4) is 0 Å². The fourth-order valence-corrected chi connectivity index (χ4v) is 15.4. The Kier molecular flexibility index (Phi) is 24.1. The zero-order chi connectivity index (χ0) is 76.2. The van der Waals surface area contributed by atoms with E-state index in [9.17, 15) is 0 Å². The summed E-state index contributed by atoms with van der Waals surface area (Å²) < 4.78 is 34.3. The van der Waals surface area contributed by atoms with Crippen molar-refractivity contribution in [2.24, 2.45) is 29.6 Å². The van der Waals surface area contributed by atoms with Gasteiger partial charge in [-0.2, -0.15) is 0 Å². The number of hydrogen-bond donors (Lipinski definition) is 0. The minimum atomic E-state index is -1.53. The van der Waals surface area contributed by atoms with E-state index in [1.165, 1.54) is 105 Å². The Morgan fingerprint density at radius 3 is 0.370 bits per heavy atom. The van der Waals surface area contributed by atoms with Crippen molar-refractivity contribution in [3.63, 3.8) is 0 Å². The number of hydrogen-bond acceptors (Lipinski definition) is 15. The Balaban J connectivity index is 2.36. The first-order chi connectivity index (χ1) is 45.9. The maximum Gasteiger partial charge on any atom is 0.141 e. The molecule has 6 rings (SSSR count). The molecule has 5 aromatic carbocycles. The van der Waals surface area contributed by atoms with Gasteiger partial charge in [-0.15, -0.1) is 0 Å². The van der Waals surface area contributed by atoms with E-state index >= 15 is 47.9 Å². The van der Waals surface area contributed by atoms with Crippen LogP contribution >= 0.6 is 0 Å². The van der Waals surface area contributed by atoms with E-state index in [-0.39, 0.29) is 84.4 Å². The minimum absolute atomic E-state index is 0.0839. The third kappa shape index (κ3) is 15.8. The molecule has 10 bridgehead atoms. The largest absolute Gasteiger partial charge is 0.496 e. The lowest BCUT2D eigenvalue weighted by Gasteiger charge is -2.38. The maximum atomic E-state index is 15.1. The van der Waals surface area contributed by atoms with Crippen molar-refractivity contribution in [3.05, 3.63) is 144 Å². The molecular weight excluding hydrogens is 1260 g/mol. The predicted octanol–water partition coefficient (Wildman–Crippen LogP) is 16.2. The standard InChI is InChI=1S/C85H110O15/c1-41(86)66(42(2)87)71-56-31-51(81(11,12)13)33-58(76(56)96-26)72(67(43(3)88)44(4)89)60-35-53(83(17,18)19)37-62(78(60)98-28)74(69(47(7)92)48(8)93)64-39-55(85(23,24)25)40-65(80(64)100-30)75(70(49(9)94)50(10)95)63-38-54(84(20,21)22)36-61(79(63)99-29)73(68(45(5)90)46(6)91)59-34-52(82(14,15)16)32-57(71)77(59)97-27/h31-40,66-75H,1-30H3. The van der Waals surface area contributed by atoms with Crippen molar-refractivity contribution in [2.45, 2.75) is 230 Å². The average molecular weight is 1370 g/mol. The SMILES string of the molecule is COc1c2cc(C(C)(C)C)cc1C(C(C(C)=O)C(C)=O)c1cc(C(C)(C)C)cc(c1OC)C(C(C(C)=O)C(C)=O)c1cc(C(C)(C)C)cc(c1OC)C(C(C(C)=O)C(C)=O)c1cc(C(C)(C)C)cc(c1OC)C(C(C(C)=O)C(C)=O)c1cc(C(C)(C)C)cc(c1OC)C2C(C(C)=O)C(C)=O. The van der Waals surface area contributed by atoms with Crippen molar-refractivity contribution >= 4 is 57.8 Å². The monoisotopic (exact) mass is 1370 g/mol. The highest BCUT2D eigenvalue weighted by Gasteiger charge is 2.49. The molecule has 0 spiro atoms. The zero-order valence-electron chi connectivity index (χ0n) is 65.2. The van der Waals surface area contributed by atoms with Gasteiger partial charge in [0.15, 0.2) is 0 Å². The molecule has 0 saturated carbocycles. The molecule has 0 saturated heterocycles. The topological polar surface area (TPSA) is 217 Å². The highest BCUT2D eigenvalue weighted by Crippen LogP contribution is 2.58. The average Bonchev–Trinajstić information content (AvgIpc) is 0.728. The van der Waals surface area contributed by atoms with Gasteiger partial charge < -0.3 is 23.7 Å². The van der Waals surface area contributed by atoms with Crippen LogP contribution < -0.4 is 23.7 Å². The quantitative estimate of drug-likeness (QED) is 0.0662. The summed E-state index contributed by atoms with van der Waals surface area (Å²) in [5.41, 5.74) is 1.90. The Morgan fingerprint density at radius 2 is 0.310 bits per heavy atom. The zero-order valence-corrected chi connectivity index (χ0v) is 65.2. The molecule has 15 nitrogen and oxygen atoms in total. The summed E-state index contributed by atoms with van der Waals surface area (Å²) in [5, 5.41) is 0. The van der Waals surface area contributed by atoms with Gasteiger partial charge >= 0.3 is 0 Å². The van der Waals surface area contributed by atoms with Crippen LogP contribution in [0.5, 0.6) is 28.7 Å². The minimum Gasteiger partial charge on any atom is -0.496 e. The van der Waals surface area contributed by atoms with Gasteiger partial charge in [-0.1, -0.05) is 165 Å². The van der Waals surface area contributed by atoms with Crippen LogP contribution in [0.2, 0.25) is 0 Å². The van der Waals surface area contributed by atoms with Crippen LogP contribution in [-0.2, 0) is 75.0 Å². The number of ether oxygens (including phenoxy) is 5. The van der Waals surface area contributed by atoms with Gasteiger partial charge in [0.05, 0.1) is 65.1 Å². The fourth-order valence-electron chi connectivity index (χ4n) is 15.4. The Bertz CT molecular complexity index is 3310. The summed E-state index contributed by atoms with van der Waals surface area (Å²) in [5.74, 6) is -19.5. The molecule has 0 amide bonds. The first-order valence-corrected chi connectivity index (χ1v) is 34.6. The molecule has 0 radical (unpaired) electrons. The molecule has 5 aromatic rings. The molecule has 15 heteroatoms. The van der Waals surface area contributed by atoms with Crippen LogP contribution in [0.1, 0.15) is 286 Å².